The van der Waals surface area contributed by atoms with Crippen LogP contribution in [0.5, 0.6) is 0 Å². The molecule has 2 aromatic heterocycles. The molecule has 0 spiro atoms. The summed E-state index contributed by atoms with van der Waals surface area (Å²) in [4.78, 5) is 17.0. The number of nitrogens with zero attached hydrogens (tertiary/aromatic N) is 3. The van der Waals surface area contributed by atoms with Crippen molar-refractivity contribution < 1.29 is 22.3 Å². The normalized spacial score (nSPS) is 11.5. The van der Waals surface area contributed by atoms with Crippen LogP contribution in [0.3, 0.4) is 0 Å². The molecule has 0 bridgehead atoms. The highest BCUT2D eigenvalue weighted by Gasteiger charge is 2.19. The Hall–Kier alpha value is -3.83. The fraction of sp³-hybridized carbons (Fsp3) is 0.240. The lowest BCUT2D eigenvalue weighted by molar-refractivity contribution is 0.0527. The number of nitrogens with one attached hydrogen (secondary N) is 2. The molecule has 0 atom stereocenters. The number of halogens is 1. The zero-order valence-corrected chi connectivity index (χ0v) is 20.5. The van der Waals surface area contributed by atoms with Gasteiger partial charge in [0.15, 0.2) is 5.65 Å². The molecule has 4 aromatic rings. The Kier molecular flexibility index (Phi) is 7.91. The van der Waals surface area contributed by atoms with Gasteiger partial charge in [-0.2, -0.15) is 5.10 Å². The number of sulfonamides is 1. The van der Waals surface area contributed by atoms with E-state index in [1.54, 1.807) is 17.8 Å². The maximum atomic E-state index is 13.1. The lowest BCUT2D eigenvalue weighted by Gasteiger charge is -2.13. The molecule has 0 amide bonds. The molecule has 188 valence electrons. The standard InChI is InChI=1S/C25H26FN5O4S/c1-2-35-25(32)22-16-28-24-21(17-29-31(24)19-8-4-3-5-9-19)23(22)27-14-6-7-15-30-36(33,34)20-12-10-18(26)11-13-20/h3-5,8-13,16-17,30H,2,6-7,14-15H2,1H3,(H,27,28). The van der Waals surface area contributed by atoms with Gasteiger partial charge in [-0.15, -0.1) is 0 Å². The lowest BCUT2D eigenvalue weighted by atomic mass is 10.1. The largest absolute Gasteiger partial charge is 0.462 e. The average Bonchev–Trinajstić information content (AvgIpc) is 3.31. The molecular formula is C25H26FN5O4S. The van der Waals surface area contributed by atoms with Crippen molar-refractivity contribution in [2.45, 2.75) is 24.7 Å². The summed E-state index contributed by atoms with van der Waals surface area (Å²) in [5.74, 6) is -0.990. The van der Waals surface area contributed by atoms with Crippen LogP contribution < -0.4 is 10.0 Å². The van der Waals surface area contributed by atoms with Gasteiger partial charge in [-0.05, 0) is 56.2 Å². The molecule has 0 aliphatic carbocycles. The highest BCUT2D eigenvalue weighted by Crippen LogP contribution is 2.28. The molecule has 11 heteroatoms. The van der Waals surface area contributed by atoms with E-state index < -0.39 is 21.8 Å². The second kappa shape index (κ2) is 11.3. The van der Waals surface area contributed by atoms with E-state index in [0.717, 1.165) is 17.8 Å². The van der Waals surface area contributed by atoms with Crippen molar-refractivity contribution in [2.75, 3.05) is 25.0 Å². The van der Waals surface area contributed by atoms with Crippen molar-refractivity contribution in [1.29, 1.82) is 0 Å². The summed E-state index contributed by atoms with van der Waals surface area (Å²) in [6.07, 6.45) is 4.28. The average molecular weight is 512 g/mol. The molecule has 0 aliphatic rings. The molecule has 0 radical (unpaired) electrons. The van der Waals surface area contributed by atoms with Crippen molar-refractivity contribution in [3.8, 4) is 5.69 Å². The van der Waals surface area contributed by atoms with E-state index in [1.807, 2.05) is 30.3 Å². The molecule has 2 N–H and O–H groups in total. The molecule has 36 heavy (non-hydrogen) atoms. The minimum atomic E-state index is -3.71. The van der Waals surface area contributed by atoms with Crippen molar-refractivity contribution >= 4 is 32.7 Å². The summed E-state index contributed by atoms with van der Waals surface area (Å²) >= 11 is 0. The maximum Gasteiger partial charge on any atom is 0.341 e. The van der Waals surface area contributed by atoms with Gasteiger partial charge in [0.1, 0.15) is 11.4 Å². The lowest BCUT2D eigenvalue weighted by Crippen LogP contribution is -2.25. The number of para-hydroxylation sites is 1. The third-order valence-corrected chi connectivity index (χ3v) is 6.89. The fourth-order valence-corrected chi connectivity index (χ4v) is 4.73. The van der Waals surface area contributed by atoms with Crippen molar-refractivity contribution in [3.63, 3.8) is 0 Å². The minimum absolute atomic E-state index is 0.00992. The van der Waals surface area contributed by atoms with Crippen molar-refractivity contribution in [1.82, 2.24) is 19.5 Å². The van der Waals surface area contributed by atoms with Gasteiger partial charge in [0.25, 0.3) is 0 Å². The first kappa shape index (κ1) is 25.3. The molecule has 0 saturated carbocycles. The second-order valence-corrected chi connectivity index (χ2v) is 9.65. The zero-order chi connectivity index (χ0) is 25.5. The first-order valence-corrected chi connectivity index (χ1v) is 13.0. The predicted octanol–water partition coefficient (Wildman–Crippen LogP) is 3.91. The Morgan fingerprint density at radius 2 is 1.75 bits per heavy atom. The van der Waals surface area contributed by atoms with Crippen LogP contribution in [0.4, 0.5) is 10.1 Å². The summed E-state index contributed by atoms with van der Waals surface area (Å²) in [6.45, 7) is 2.65. The van der Waals surface area contributed by atoms with Gasteiger partial charge in [-0.3, -0.25) is 0 Å². The van der Waals surface area contributed by atoms with Crippen LogP contribution in [0.25, 0.3) is 16.7 Å². The van der Waals surface area contributed by atoms with Gasteiger partial charge < -0.3 is 10.1 Å². The van der Waals surface area contributed by atoms with E-state index >= 15 is 0 Å². The Morgan fingerprint density at radius 1 is 1.03 bits per heavy atom. The number of rotatable bonds is 11. The third-order valence-electron chi connectivity index (χ3n) is 5.42. The Balaban J connectivity index is 1.44. The van der Waals surface area contributed by atoms with Gasteiger partial charge in [-0.1, -0.05) is 18.2 Å². The van der Waals surface area contributed by atoms with E-state index in [1.165, 1.54) is 18.3 Å². The summed E-state index contributed by atoms with van der Waals surface area (Å²) in [7, 11) is -3.71. The minimum Gasteiger partial charge on any atom is -0.462 e. The van der Waals surface area contributed by atoms with Gasteiger partial charge in [0.05, 0.1) is 34.5 Å². The summed E-state index contributed by atoms with van der Waals surface area (Å²) in [5.41, 5.74) is 2.29. The summed E-state index contributed by atoms with van der Waals surface area (Å²) in [5, 5.41) is 8.40. The number of ether oxygens (including phenoxy) is 1. The number of carbonyl (C=O) groups excluding carboxylic acids is 1. The number of fused-ring (bicyclic) bond motifs is 1. The number of hydrogen-bond donors (Lipinski definition) is 2. The van der Waals surface area contributed by atoms with Crippen LogP contribution in [0.1, 0.15) is 30.1 Å². The first-order valence-electron chi connectivity index (χ1n) is 11.5. The molecule has 2 heterocycles. The fourth-order valence-electron chi connectivity index (χ4n) is 3.66. The number of unbranched alkanes of at least 4 members (excludes halogenated alkanes) is 1. The van der Waals surface area contributed by atoms with E-state index in [0.29, 0.717) is 41.7 Å². The van der Waals surface area contributed by atoms with E-state index in [-0.39, 0.29) is 18.0 Å². The number of anilines is 1. The first-order chi connectivity index (χ1) is 17.4. The van der Waals surface area contributed by atoms with Gasteiger partial charge in [0.2, 0.25) is 10.0 Å². The molecule has 0 unspecified atom stereocenters. The quantitative estimate of drug-likeness (QED) is 0.232. The maximum absolute atomic E-state index is 13.1. The van der Waals surface area contributed by atoms with Crippen molar-refractivity contribution in [2.24, 2.45) is 0 Å². The van der Waals surface area contributed by atoms with Gasteiger partial charge >= 0.3 is 5.97 Å². The SMILES string of the molecule is CCOC(=O)c1cnc2c(cnn2-c2ccccc2)c1NCCCCNS(=O)(=O)c1ccc(F)cc1. The van der Waals surface area contributed by atoms with Crippen LogP contribution in [-0.4, -0.2) is 48.8 Å². The van der Waals surface area contributed by atoms with Crippen LogP contribution in [0.15, 0.2) is 71.9 Å². The van der Waals surface area contributed by atoms with Crippen molar-refractivity contribution in [3.05, 3.63) is 78.4 Å². The number of esters is 1. The highest BCUT2D eigenvalue weighted by molar-refractivity contribution is 7.89. The molecule has 4 rings (SSSR count). The van der Waals surface area contributed by atoms with E-state index in [4.69, 9.17) is 4.74 Å². The summed E-state index contributed by atoms with van der Waals surface area (Å²) < 4.78 is 47.1. The number of carbonyl (C=O) groups is 1. The van der Waals surface area contributed by atoms with Crippen LogP contribution >= 0.6 is 0 Å². The third kappa shape index (κ3) is 5.69. The smallest absolute Gasteiger partial charge is 0.341 e. The van der Waals surface area contributed by atoms with Crippen LogP contribution in [0.2, 0.25) is 0 Å². The number of hydrogen-bond acceptors (Lipinski definition) is 7. The molecule has 9 nitrogen and oxygen atoms in total. The second-order valence-electron chi connectivity index (χ2n) is 7.88. The Morgan fingerprint density at radius 3 is 2.47 bits per heavy atom. The summed E-state index contributed by atoms with van der Waals surface area (Å²) in [6, 6.07) is 14.2. The Labute approximate surface area is 208 Å². The predicted molar refractivity (Wildman–Crippen MR) is 134 cm³/mol. The van der Waals surface area contributed by atoms with Crippen LogP contribution in [0, 0.1) is 5.82 Å². The number of aromatic nitrogens is 3. The highest BCUT2D eigenvalue weighted by atomic mass is 32.2. The molecule has 0 fully saturated rings. The molecule has 0 saturated heterocycles. The van der Waals surface area contributed by atoms with Gasteiger partial charge in [0, 0.05) is 19.3 Å². The van der Waals surface area contributed by atoms with Gasteiger partial charge in [-0.25, -0.2) is 32.0 Å². The zero-order valence-electron chi connectivity index (χ0n) is 19.6. The van der Waals surface area contributed by atoms with E-state index in [9.17, 15) is 17.6 Å². The topological polar surface area (TPSA) is 115 Å². The molecule has 0 aliphatic heterocycles. The van der Waals surface area contributed by atoms with Crippen LogP contribution in [-0.2, 0) is 14.8 Å². The Bertz CT molecular complexity index is 1440. The number of pyridine rings is 1. The molecular weight excluding hydrogens is 485 g/mol. The molecule has 2 aromatic carbocycles. The van der Waals surface area contributed by atoms with E-state index in [2.05, 4.69) is 20.1 Å². The monoisotopic (exact) mass is 511 g/mol. The number of benzene rings is 2.